The van der Waals surface area contributed by atoms with Crippen molar-refractivity contribution in [1.29, 1.82) is 0 Å². The van der Waals surface area contributed by atoms with Gasteiger partial charge in [0.1, 0.15) is 17.5 Å². The van der Waals surface area contributed by atoms with Gasteiger partial charge in [-0.25, -0.2) is 15.0 Å². The number of aromatic nitrogens is 4. The van der Waals surface area contributed by atoms with Gasteiger partial charge in [0.05, 0.1) is 43.2 Å². The molecule has 2 saturated heterocycles. The zero-order chi connectivity index (χ0) is 23.2. The van der Waals surface area contributed by atoms with Crippen LogP contribution in [0.2, 0.25) is 0 Å². The molecule has 10 nitrogen and oxygen atoms in total. The molecule has 2 aliphatic heterocycles. The number of nitrogens with zero attached hydrogens (tertiary/aromatic N) is 5. The second-order valence-electron chi connectivity index (χ2n) is 8.95. The Balaban J connectivity index is 1.35. The van der Waals surface area contributed by atoms with Crippen molar-refractivity contribution in [3.8, 4) is 5.69 Å². The zero-order valence-corrected chi connectivity index (χ0v) is 19.4. The first-order chi connectivity index (χ1) is 16.7. The summed E-state index contributed by atoms with van der Waals surface area (Å²) in [5, 5.41) is 10.4. The first-order valence-electron chi connectivity index (χ1n) is 12.0. The monoisotopic (exact) mass is 463 g/mol. The number of nitrogens with one attached hydrogen (secondary N) is 3. The molecular formula is C24H33N9O. The molecule has 2 fully saturated rings. The summed E-state index contributed by atoms with van der Waals surface area (Å²) in [4.78, 5) is 15.4. The van der Waals surface area contributed by atoms with Crippen molar-refractivity contribution in [3.05, 3.63) is 48.7 Å². The molecule has 0 spiro atoms. The number of nitrogens with two attached hydrogens (primary N) is 1. The quantitative estimate of drug-likeness (QED) is 0.399. The van der Waals surface area contributed by atoms with Gasteiger partial charge in [-0.1, -0.05) is 0 Å². The van der Waals surface area contributed by atoms with E-state index in [1.807, 2.05) is 12.3 Å². The van der Waals surface area contributed by atoms with Crippen molar-refractivity contribution >= 4 is 23.1 Å². The molecule has 180 valence electrons. The highest BCUT2D eigenvalue weighted by molar-refractivity contribution is 5.67. The number of morpholine rings is 1. The second kappa shape index (κ2) is 10.8. The summed E-state index contributed by atoms with van der Waals surface area (Å²) in [5.74, 6) is 2.30. The summed E-state index contributed by atoms with van der Waals surface area (Å²) in [6.07, 6.45) is 11.8. The smallest absolute Gasteiger partial charge is 0.150 e. The predicted octanol–water partition coefficient (Wildman–Crippen LogP) is 2.23. The Kier molecular flexibility index (Phi) is 7.18. The molecule has 10 heteroatoms. The van der Waals surface area contributed by atoms with Crippen LogP contribution in [0.25, 0.3) is 5.69 Å². The van der Waals surface area contributed by atoms with Gasteiger partial charge in [0, 0.05) is 44.6 Å². The van der Waals surface area contributed by atoms with Crippen molar-refractivity contribution in [2.75, 3.05) is 62.3 Å². The molecule has 0 aromatic carbocycles. The van der Waals surface area contributed by atoms with Crippen LogP contribution >= 0.6 is 0 Å². The second-order valence-corrected chi connectivity index (χ2v) is 8.95. The lowest BCUT2D eigenvalue weighted by atomic mass is 10.00. The molecule has 0 saturated carbocycles. The maximum Gasteiger partial charge on any atom is 0.150 e. The van der Waals surface area contributed by atoms with Gasteiger partial charge in [-0.15, -0.1) is 0 Å². The van der Waals surface area contributed by atoms with E-state index in [9.17, 15) is 0 Å². The van der Waals surface area contributed by atoms with Gasteiger partial charge >= 0.3 is 0 Å². The molecule has 0 amide bonds. The molecule has 5 heterocycles. The fourth-order valence-electron chi connectivity index (χ4n) is 4.45. The molecule has 1 atom stereocenters. The normalized spacial score (nSPS) is 19.1. The van der Waals surface area contributed by atoms with Crippen LogP contribution in [0.5, 0.6) is 0 Å². The minimum Gasteiger partial charge on any atom is -0.383 e. The van der Waals surface area contributed by atoms with E-state index in [1.165, 1.54) is 24.6 Å². The fraction of sp³-hybridized carbons (Fsp3) is 0.458. The van der Waals surface area contributed by atoms with Crippen LogP contribution in [-0.2, 0) is 11.3 Å². The van der Waals surface area contributed by atoms with E-state index in [0.717, 1.165) is 63.9 Å². The Bertz CT molecular complexity index is 1060. The standard InChI is InChI=1S/C24H33N9O/c25-22-14-30-24(15-28-22)31-23-10-20(27-12-18-2-1-4-26-11-18)21(13-29-23)33-5-3-19(17-33)16-32-6-8-34-9-7-32/h3,5,10,13-15,17-18,26H,1-2,4,6-9,11-12,16H2,(H2,25,28)(H2,27,29,30,31). The van der Waals surface area contributed by atoms with Gasteiger partial charge in [0.2, 0.25) is 0 Å². The summed E-state index contributed by atoms with van der Waals surface area (Å²) in [7, 11) is 0. The maximum absolute atomic E-state index is 5.66. The highest BCUT2D eigenvalue weighted by Gasteiger charge is 2.16. The van der Waals surface area contributed by atoms with E-state index in [1.54, 1.807) is 6.20 Å². The van der Waals surface area contributed by atoms with Gasteiger partial charge in [-0.3, -0.25) is 4.90 Å². The third kappa shape index (κ3) is 5.82. The number of nitrogen functional groups attached to an aromatic ring is 1. The molecule has 3 aromatic rings. The minimum atomic E-state index is 0.387. The van der Waals surface area contributed by atoms with Crippen molar-refractivity contribution in [3.63, 3.8) is 0 Å². The molecular weight excluding hydrogens is 430 g/mol. The van der Waals surface area contributed by atoms with Gasteiger partial charge in [-0.05, 0) is 43.5 Å². The maximum atomic E-state index is 5.66. The van der Waals surface area contributed by atoms with E-state index in [2.05, 4.69) is 58.8 Å². The van der Waals surface area contributed by atoms with Gasteiger partial charge in [0.15, 0.2) is 0 Å². The summed E-state index contributed by atoms with van der Waals surface area (Å²) >= 11 is 0. The molecule has 0 aliphatic carbocycles. The van der Waals surface area contributed by atoms with Crippen molar-refractivity contribution in [2.45, 2.75) is 19.4 Å². The molecule has 5 N–H and O–H groups in total. The van der Waals surface area contributed by atoms with E-state index >= 15 is 0 Å². The van der Waals surface area contributed by atoms with Crippen LogP contribution in [0.1, 0.15) is 18.4 Å². The van der Waals surface area contributed by atoms with Crippen LogP contribution in [-0.4, -0.2) is 70.4 Å². The third-order valence-electron chi connectivity index (χ3n) is 6.33. The van der Waals surface area contributed by atoms with Crippen LogP contribution in [0, 0.1) is 5.92 Å². The number of piperidine rings is 1. The number of hydrogen-bond donors (Lipinski definition) is 4. The Morgan fingerprint density at radius 3 is 2.79 bits per heavy atom. The molecule has 3 aromatic heterocycles. The predicted molar refractivity (Wildman–Crippen MR) is 133 cm³/mol. The molecule has 0 bridgehead atoms. The highest BCUT2D eigenvalue weighted by atomic mass is 16.5. The van der Waals surface area contributed by atoms with E-state index < -0.39 is 0 Å². The van der Waals surface area contributed by atoms with E-state index in [0.29, 0.717) is 23.4 Å². The number of ether oxygens (including phenoxy) is 1. The first-order valence-corrected chi connectivity index (χ1v) is 12.0. The van der Waals surface area contributed by atoms with Gasteiger partial charge < -0.3 is 31.0 Å². The van der Waals surface area contributed by atoms with Crippen LogP contribution in [0.4, 0.5) is 23.1 Å². The SMILES string of the molecule is Nc1cnc(Nc2cc(NCC3CCCNC3)c(-n3ccc(CN4CCOCC4)c3)cn2)cn1. The Morgan fingerprint density at radius 1 is 1.12 bits per heavy atom. The zero-order valence-electron chi connectivity index (χ0n) is 19.4. The molecule has 0 radical (unpaired) electrons. The lowest BCUT2D eigenvalue weighted by Crippen LogP contribution is -2.35. The number of rotatable bonds is 8. The van der Waals surface area contributed by atoms with E-state index in [4.69, 9.17) is 10.5 Å². The topological polar surface area (TPSA) is 118 Å². The summed E-state index contributed by atoms with van der Waals surface area (Å²) in [6.45, 7) is 7.56. The van der Waals surface area contributed by atoms with Crippen molar-refractivity contribution in [1.82, 2.24) is 29.7 Å². The molecule has 5 rings (SSSR count). The van der Waals surface area contributed by atoms with Crippen LogP contribution in [0.3, 0.4) is 0 Å². The Morgan fingerprint density at radius 2 is 2.00 bits per heavy atom. The average molecular weight is 464 g/mol. The number of hydrogen-bond acceptors (Lipinski definition) is 9. The third-order valence-corrected chi connectivity index (χ3v) is 6.33. The minimum absolute atomic E-state index is 0.387. The largest absolute Gasteiger partial charge is 0.383 e. The summed E-state index contributed by atoms with van der Waals surface area (Å²) in [6, 6.07) is 4.21. The number of pyridine rings is 1. The van der Waals surface area contributed by atoms with E-state index in [-0.39, 0.29) is 0 Å². The Hall–Kier alpha value is -3.21. The first kappa shape index (κ1) is 22.6. The molecule has 2 aliphatic rings. The van der Waals surface area contributed by atoms with Gasteiger partial charge in [-0.2, -0.15) is 0 Å². The van der Waals surface area contributed by atoms with Crippen molar-refractivity contribution < 1.29 is 4.74 Å². The number of anilines is 4. The summed E-state index contributed by atoms with van der Waals surface area (Å²) in [5.41, 5.74) is 8.98. The van der Waals surface area contributed by atoms with Gasteiger partial charge in [0.25, 0.3) is 0 Å². The lowest BCUT2D eigenvalue weighted by molar-refractivity contribution is 0.0342. The molecule has 1 unspecified atom stereocenters. The summed E-state index contributed by atoms with van der Waals surface area (Å²) < 4.78 is 7.63. The fourth-order valence-corrected chi connectivity index (χ4v) is 4.45. The average Bonchev–Trinajstić information content (AvgIpc) is 3.34. The van der Waals surface area contributed by atoms with Crippen molar-refractivity contribution in [2.24, 2.45) is 5.92 Å². The Labute approximate surface area is 199 Å². The van der Waals surface area contributed by atoms with Crippen LogP contribution in [0.15, 0.2) is 43.1 Å². The highest BCUT2D eigenvalue weighted by Crippen LogP contribution is 2.26. The van der Waals surface area contributed by atoms with Crippen LogP contribution < -0.4 is 21.7 Å². The molecule has 34 heavy (non-hydrogen) atoms. The lowest BCUT2D eigenvalue weighted by Gasteiger charge is -2.26.